The van der Waals surface area contributed by atoms with Crippen LogP contribution in [0.4, 0.5) is 0 Å². The van der Waals surface area contributed by atoms with Crippen molar-refractivity contribution >= 4 is 12.2 Å². The van der Waals surface area contributed by atoms with Gasteiger partial charge in [-0.2, -0.15) is 0 Å². The van der Waals surface area contributed by atoms with Gasteiger partial charge in [-0.25, -0.2) is 0 Å². The van der Waals surface area contributed by atoms with Crippen LogP contribution >= 0.6 is 12.2 Å². The molecule has 64 valence electrons. The van der Waals surface area contributed by atoms with Crippen LogP contribution in [0.1, 0.15) is 29.7 Å². The molecule has 0 saturated carbocycles. The third-order valence-corrected chi connectivity index (χ3v) is 2.80. The molecule has 0 amide bonds. The molecule has 1 aromatic rings. The third kappa shape index (κ3) is 1.31. The maximum atomic E-state index is 5.13. The molecule has 12 heavy (non-hydrogen) atoms. The highest BCUT2D eigenvalue weighted by molar-refractivity contribution is 7.71. The first-order valence-electron chi connectivity index (χ1n) is 4.49. The summed E-state index contributed by atoms with van der Waals surface area (Å²) >= 11 is 5.13. The highest BCUT2D eigenvalue weighted by atomic mass is 32.1. The fourth-order valence-corrected chi connectivity index (χ4v) is 2.27. The Bertz CT molecular complexity index is 351. The monoisotopic (exact) mass is 179 g/mol. The molecule has 2 rings (SSSR count). The number of fused-ring (bicyclic) bond motifs is 1. The van der Waals surface area contributed by atoms with Crippen LogP contribution in [0.25, 0.3) is 0 Å². The quantitative estimate of drug-likeness (QED) is 0.605. The van der Waals surface area contributed by atoms with E-state index in [1.165, 1.54) is 42.5 Å². The summed E-state index contributed by atoms with van der Waals surface area (Å²) in [4.78, 5) is 3.21. The summed E-state index contributed by atoms with van der Waals surface area (Å²) in [6, 6.07) is 2.12. The van der Waals surface area contributed by atoms with Gasteiger partial charge in [-0.05, 0) is 49.8 Å². The summed E-state index contributed by atoms with van der Waals surface area (Å²) in [7, 11) is 0. The summed E-state index contributed by atoms with van der Waals surface area (Å²) in [5, 5.41) is 0. The molecular weight excluding hydrogens is 166 g/mol. The van der Waals surface area contributed by atoms with Gasteiger partial charge in [0.1, 0.15) is 4.64 Å². The van der Waals surface area contributed by atoms with Crippen molar-refractivity contribution in [3.63, 3.8) is 0 Å². The van der Waals surface area contributed by atoms with E-state index in [4.69, 9.17) is 12.2 Å². The molecule has 1 aliphatic carbocycles. The molecule has 0 saturated heterocycles. The molecule has 0 spiro atoms. The average Bonchev–Trinajstić information content (AvgIpc) is 2.04. The number of H-pyrrole nitrogens is 1. The summed E-state index contributed by atoms with van der Waals surface area (Å²) in [5.74, 6) is 0. The van der Waals surface area contributed by atoms with Gasteiger partial charge >= 0.3 is 0 Å². The highest BCUT2D eigenvalue weighted by Crippen LogP contribution is 2.22. The van der Waals surface area contributed by atoms with Crippen molar-refractivity contribution < 1.29 is 0 Å². The van der Waals surface area contributed by atoms with Crippen LogP contribution in [-0.4, -0.2) is 4.98 Å². The zero-order valence-electron chi connectivity index (χ0n) is 7.31. The Morgan fingerprint density at radius 3 is 2.92 bits per heavy atom. The van der Waals surface area contributed by atoms with E-state index in [1.807, 2.05) is 0 Å². The molecule has 0 atom stereocenters. The largest absolute Gasteiger partial charge is 0.350 e. The lowest BCUT2D eigenvalue weighted by Crippen LogP contribution is -2.06. The lowest BCUT2D eigenvalue weighted by molar-refractivity contribution is 0.676. The lowest BCUT2D eigenvalue weighted by Gasteiger charge is -2.17. The third-order valence-electron chi connectivity index (χ3n) is 2.58. The number of pyridine rings is 1. The molecule has 1 aromatic heterocycles. The van der Waals surface area contributed by atoms with Gasteiger partial charge in [0.25, 0.3) is 0 Å². The second-order valence-electron chi connectivity index (χ2n) is 3.47. The summed E-state index contributed by atoms with van der Waals surface area (Å²) in [6.07, 6.45) is 5.10. The molecule has 0 radical (unpaired) electrons. The zero-order chi connectivity index (χ0) is 8.55. The second-order valence-corrected chi connectivity index (χ2v) is 3.91. The van der Waals surface area contributed by atoms with E-state index in [-0.39, 0.29) is 0 Å². The Labute approximate surface area is 77.8 Å². The maximum absolute atomic E-state index is 5.13. The van der Waals surface area contributed by atoms with Crippen molar-refractivity contribution in [2.24, 2.45) is 0 Å². The van der Waals surface area contributed by atoms with Gasteiger partial charge < -0.3 is 4.98 Å². The Morgan fingerprint density at radius 2 is 2.08 bits per heavy atom. The van der Waals surface area contributed by atoms with E-state index in [1.54, 1.807) is 0 Å². The molecule has 1 aliphatic rings. The van der Waals surface area contributed by atoms with Crippen molar-refractivity contribution in [3.05, 3.63) is 27.5 Å². The highest BCUT2D eigenvalue weighted by Gasteiger charge is 2.10. The molecule has 2 heteroatoms. The van der Waals surface area contributed by atoms with Crippen LogP contribution in [0.5, 0.6) is 0 Å². The number of rotatable bonds is 0. The minimum Gasteiger partial charge on any atom is -0.350 e. The number of hydrogen-bond acceptors (Lipinski definition) is 1. The molecule has 0 fully saturated rings. The van der Waals surface area contributed by atoms with Gasteiger partial charge in [0.05, 0.1) is 0 Å². The smallest absolute Gasteiger partial charge is 0.103 e. The summed E-state index contributed by atoms with van der Waals surface area (Å²) < 4.78 is 0.883. The molecule has 0 aliphatic heterocycles. The van der Waals surface area contributed by atoms with E-state index in [2.05, 4.69) is 18.0 Å². The van der Waals surface area contributed by atoms with Crippen LogP contribution in [0.2, 0.25) is 0 Å². The van der Waals surface area contributed by atoms with Crippen LogP contribution in [0.15, 0.2) is 6.07 Å². The molecule has 1 nitrogen and oxygen atoms in total. The van der Waals surface area contributed by atoms with E-state index in [0.29, 0.717) is 0 Å². The molecule has 0 aromatic carbocycles. The van der Waals surface area contributed by atoms with Crippen molar-refractivity contribution in [1.29, 1.82) is 0 Å². The first kappa shape index (κ1) is 7.99. The van der Waals surface area contributed by atoms with E-state index in [0.717, 1.165) is 4.64 Å². The topological polar surface area (TPSA) is 15.8 Å². The zero-order valence-corrected chi connectivity index (χ0v) is 8.13. The average molecular weight is 179 g/mol. The van der Waals surface area contributed by atoms with Crippen molar-refractivity contribution in [1.82, 2.24) is 4.98 Å². The molecular formula is C10H13NS. The van der Waals surface area contributed by atoms with E-state index >= 15 is 0 Å². The summed E-state index contributed by atoms with van der Waals surface area (Å²) in [5.41, 5.74) is 4.26. The van der Waals surface area contributed by atoms with E-state index in [9.17, 15) is 0 Å². The predicted molar refractivity (Wildman–Crippen MR) is 53.0 cm³/mol. The first-order valence-corrected chi connectivity index (χ1v) is 4.90. The number of hydrogen-bond donors (Lipinski definition) is 1. The second kappa shape index (κ2) is 3.02. The van der Waals surface area contributed by atoms with Crippen LogP contribution in [0, 0.1) is 11.6 Å². The van der Waals surface area contributed by atoms with Crippen LogP contribution in [-0.2, 0) is 12.8 Å². The normalized spacial score (nSPS) is 15.8. The van der Waals surface area contributed by atoms with Gasteiger partial charge in [0, 0.05) is 5.69 Å². The van der Waals surface area contributed by atoms with Gasteiger partial charge in [-0.1, -0.05) is 12.2 Å². The van der Waals surface area contributed by atoms with Gasteiger partial charge in [0.2, 0.25) is 0 Å². The van der Waals surface area contributed by atoms with Crippen molar-refractivity contribution in [3.8, 4) is 0 Å². The number of aryl methyl sites for hydroxylation is 2. The Morgan fingerprint density at radius 1 is 1.33 bits per heavy atom. The molecule has 1 heterocycles. The van der Waals surface area contributed by atoms with Crippen LogP contribution in [0.3, 0.4) is 0 Å². The lowest BCUT2D eigenvalue weighted by atomic mass is 9.91. The van der Waals surface area contributed by atoms with Gasteiger partial charge in [-0.3, -0.25) is 0 Å². The Hall–Kier alpha value is -0.630. The maximum Gasteiger partial charge on any atom is 0.103 e. The molecule has 1 N–H and O–H groups in total. The minimum atomic E-state index is 0.883. The van der Waals surface area contributed by atoms with Crippen molar-refractivity contribution in [2.75, 3.05) is 0 Å². The molecule has 0 bridgehead atoms. The Kier molecular flexibility index (Phi) is 2.01. The SMILES string of the molecule is Cc1[nH]c(=S)cc2c1CCCC2. The minimum absolute atomic E-state index is 0.883. The summed E-state index contributed by atoms with van der Waals surface area (Å²) in [6.45, 7) is 2.12. The Balaban J connectivity index is 2.60. The fourth-order valence-electron chi connectivity index (χ4n) is 1.97. The molecule has 0 unspecified atom stereocenters. The number of aromatic amines is 1. The standard InChI is InChI=1S/C10H13NS/c1-7-9-5-3-2-4-8(9)6-10(12)11-7/h6H,2-5H2,1H3,(H,11,12). The van der Waals surface area contributed by atoms with E-state index < -0.39 is 0 Å². The predicted octanol–water partition coefficient (Wildman–Crippen LogP) is 2.93. The van der Waals surface area contributed by atoms with Gasteiger partial charge in [-0.15, -0.1) is 0 Å². The first-order chi connectivity index (χ1) is 5.77. The number of nitrogens with one attached hydrogen (secondary N) is 1. The van der Waals surface area contributed by atoms with Crippen molar-refractivity contribution in [2.45, 2.75) is 32.6 Å². The fraction of sp³-hybridized carbons (Fsp3) is 0.500. The number of aromatic nitrogens is 1. The van der Waals surface area contributed by atoms with Crippen LogP contribution < -0.4 is 0 Å². The van der Waals surface area contributed by atoms with Gasteiger partial charge in [0.15, 0.2) is 0 Å².